The number of thiocarbonyl (C=S) groups is 1. The molecule has 0 saturated carbocycles. The van der Waals surface area contributed by atoms with E-state index in [4.69, 9.17) is 22.7 Å². The van der Waals surface area contributed by atoms with Crippen molar-refractivity contribution in [3.63, 3.8) is 0 Å². The monoisotopic (exact) mass is 343 g/mol. The van der Waals surface area contributed by atoms with Crippen molar-refractivity contribution in [2.45, 2.75) is 71.9 Å². The molecule has 1 aliphatic rings. The van der Waals surface area contributed by atoms with Gasteiger partial charge in [-0.15, -0.1) is 0 Å². The van der Waals surface area contributed by atoms with Crippen LogP contribution < -0.4 is 5.73 Å². The summed E-state index contributed by atoms with van der Waals surface area (Å²) in [6.07, 6.45) is 6.03. The molecule has 1 atom stereocenters. The minimum atomic E-state index is 0.233. The van der Waals surface area contributed by atoms with Crippen molar-refractivity contribution in [3.8, 4) is 0 Å². The van der Waals surface area contributed by atoms with E-state index in [2.05, 4.69) is 37.5 Å². The van der Waals surface area contributed by atoms with E-state index in [1.54, 1.807) is 0 Å². The highest BCUT2D eigenvalue weighted by molar-refractivity contribution is 7.80. The van der Waals surface area contributed by atoms with Crippen LogP contribution in [0.1, 0.15) is 59.8 Å². The van der Waals surface area contributed by atoms with Crippen LogP contribution in [-0.4, -0.2) is 59.8 Å². The van der Waals surface area contributed by atoms with E-state index in [1.807, 2.05) is 0 Å². The van der Waals surface area contributed by atoms with E-state index in [0.717, 1.165) is 39.0 Å². The van der Waals surface area contributed by atoms with Gasteiger partial charge in [-0.05, 0) is 70.8 Å². The number of hydrogen-bond acceptors (Lipinski definition) is 3. The summed E-state index contributed by atoms with van der Waals surface area (Å²) in [5.74, 6) is 0.702. The molecular formula is C18H37N3OS. The molecule has 0 bridgehead atoms. The molecule has 1 aliphatic heterocycles. The Balaban J connectivity index is 2.34. The summed E-state index contributed by atoms with van der Waals surface area (Å²) in [7, 11) is 0. The summed E-state index contributed by atoms with van der Waals surface area (Å²) in [6.45, 7) is 14.0. The third kappa shape index (κ3) is 7.81. The molecule has 0 radical (unpaired) electrons. The Hall–Kier alpha value is -0.390. The third-order valence-electron chi connectivity index (χ3n) is 4.92. The fourth-order valence-electron chi connectivity index (χ4n) is 3.09. The van der Waals surface area contributed by atoms with Gasteiger partial charge in [-0.2, -0.15) is 0 Å². The molecule has 1 unspecified atom stereocenters. The molecule has 1 saturated heterocycles. The highest BCUT2D eigenvalue weighted by atomic mass is 32.1. The Labute approximate surface area is 148 Å². The molecule has 0 aromatic carbocycles. The van der Waals surface area contributed by atoms with Crippen molar-refractivity contribution in [1.29, 1.82) is 0 Å². The maximum absolute atomic E-state index is 6.21. The molecule has 0 amide bonds. The summed E-state index contributed by atoms with van der Waals surface area (Å²) in [5.41, 5.74) is 5.86. The molecule has 2 N–H and O–H groups in total. The van der Waals surface area contributed by atoms with Gasteiger partial charge >= 0.3 is 0 Å². The van der Waals surface area contributed by atoms with E-state index in [-0.39, 0.29) is 6.10 Å². The largest absolute Gasteiger partial charge is 0.376 e. The van der Waals surface area contributed by atoms with E-state index in [0.29, 0.717) is 17.1 Å². The van der Waals surface area contributed by atoms with Gasteiger partial charge in [0, 0.05) is 25.7 Å². The Bertz CT molecular complexity index is 330. The Morgan fingerprint density at radius 1 is 1.30 bits per heavy atom. The van der Waals surface area contributed by atoms with Crippen LogP contribution in [0.2, 0.25) is 0 Å². The molecular weight excluding hydrogens is 306 g/mol. The fourth-order valence-corrected chi connectivity index (χ4v) is 3.26. The van der Waals surface area contributed by atoms with Gasteiger partial charge in [0.15, 0.2) is 5.11 Å². The number of nitrogens with zero attached hydrogens (tertiary/aromatic N) is 2. The van der Waals surface area contributed by atoms with Crippen LogP contribution in [0.4, 0.5) is 0 Å². The van der Waals surface area contributed by atoms with E-state index >= 15 is 0 Å². The van der Waals surface area contributed by atoms with Crippen molar-refractivity contribution in [2.24, 2.45) is 11.7 Å². The van der Waals surface area contributed by atoms with Gasteiger partial charge in [-0.1, -0.05) is 20.3 Å². The first kappa shape index (κ1) is 20.7. The Morgan fingerprint density at radius 3 is 2.43 bits per heavy atom. The maximum Gasteiger partial charge on any atom is 0.166 e. The van der Waals surface area contributed by atoms with E-state index in [9.17, 15) is 0 Å². The second-order valence-corrected chi connectivity index (χ2v) is 7.49. The van der Waals surface area contributed by atoms with Gasteiger partial charge < -0.3 is 20.3 Å². The number of likely N-dealkylation sites (tertiary alicyclic amines) is 1. The Kier molecular flexibility index (Phi) is 10.1. The number of ether oxygens (including phenoxy) is 1. The zero-order chi connectivity index (χ0) is 17.2. The summed E-state index contributed by atoms with van der Waals surface area (Å²) in [6, 6.07) is 0.665. The lowest BCUT2D eigenvalue weighted by molar-refractivity contribution is -0.000981. The van der Waals surface area contributed by atoms with Crippen molar-refractivity contribution in [2.75, 3.05) is 32.8 Å². The average Bonchev–Trinajstić information content (AvgIpc) is 2.54. The molecule has 0 aromatic rings. The highest BCUT2D eigenvalue weighted by Crippen LogP contribution is 2.20. The minimum Gasteiger partial charge on any atom is -0.376 e. The summed E-state index contributed by atoms with van der Waals surface area (Å²) >= 11 is 5.19. The van der Waals surface area contributed by atoms with Crippen LogP contribution in [0.25, 0.3) is 0 Å². The lowest BCUT2D eigenvalue weighted by Gasteiger charge is -2.35. The maximum atomic E-state index is 6.21. The number of hydrogen-bond donors (Lipinski definition) is 1. The second kappa shape index (κ2) is 11.2. The van der Waals surface area contributed by atoms with E-state index < -0.39 is 0 Å². The molecule has 1 heterocycles. The molecule has 5 heteroatoms. The standard InChI is InChI=1S/C18H37N3OS/c1-5-7-10-21(18(19)23)13-17(6-2)22-14-16-8-11-20(12-9-16)15(3)4/h15-17H,5-14H2,1-4H3,(H2,19,23). The van der Waals surface area contributed by atoms with Gasteiger partial charge in [0.2, 0.25) is 0 Å². The molecule has 0 aliphatic carbocycles. The van der Waals surface area contributed by atoms with Gasteiger partial charge in [-0.25, -0.2) is 0 Å². The average molecular weight is 344 g/mol. The number of piperidine rings is 1. The first-order valence-electron chi connectivity index (χ1n) is 9.37. The van der Waals surface area contributed by atoms with Gasteiger partial charge in [0.1, 0.15) is 0 Å². The van der Waals surface area contributed by atoms with Crippen molar-refractivity contribution in [1.82, 2.24) is 9.80 Å². The van der Waals surface area contributed by atoms with Crippen molar-refractivity contribution < 1.29 is 4.74 Å². The van der Waals surface area contributed by atoms with E-state index in [1.165, 1.54) is 25.9 Å². The minimum absolute atomic E-state index is 0.233. The van der Waals surface area contributed by atoms with Crippen molar-refractivity contribution in [3.05, 3.63) is 0 Å². The molecule has 4 nitrogen and oxygen atoms in total. The molecule has 0 spiro atoms. The zero-order valence-electron chi connectivity index (χ0n) is 15.6. The Morgan fingerprint density at radius 2 is 1.96 bits per heavy atom. The van der Waals surface area contributed by atoms with Crippen LogP contribution in [0.5, 0.6) is 0 Å². The summed E-state index contributed by atoms with van der Waals surface area (Å²) in [5, 5.41) is 0.505. The van der Waals surface area contributed by atoms with Gasteiger partial charge in [0.05, 0.1) is 6.10 Å². The van der Waals surface area contributed by atoms with Crippen molar-refractivity contribution >= 4 is 17.3 Å². The first-order valence-corrected chi connectivity index (χ1v) is 9.78. The van der Waals surface area contributed by atoms with Crippen LogP contribution >= 0.6 is 12.2 Å². The van der Waals surface area contributed by atoms with Gasteiger partial charge in [-0.3, -0.25) is 0 Å². The van der Waals surface area contributed by atoms with Crippen LogP contribution in [-0.2, 0) is 4.74 Å². The third-order valence-corrected chi connectivity index (χ3v) is 5.18. The normalized spacial score (nSPS) is 18.3. The molecule has 136 valence electrons. The number of unbranched alkanes of at least 4 members (excludes halogenated alkanes) is 1. The quantitative estimate of drug-likeness (QED) is 0.617. The van der Waals surface area contributed by atoms with Crippen LogP contribution in [0.3, 0.4) is 0 Å². The lowest BCUT2D eigenvalue weighted by atomic mass is 9.97. The predicted octanol–water partition coefficient (Wildman–Crippen LogP) is 3.25. The van der Waals surface area contributed by atoms with Gasteiger partial charge in [0.25, 0.3) is 0 Å². The number of nitrogens with two attached hydrogens (primary N) is 1. The molecule has 1 fully saturated rings. The highest BCUT2D eigenvalue weighted by Gasteiger charge is 2.22. The van der Waals surface area contributed by atoms with Crippen LogP contribution in [0, 0.1) is 5.92 Å². The summed E-state index contributed by atoms with van der Waals surface area (Å²) in [4.78, 5) is 4.67. The SMILES string of the molecule is CCCCN(CC(CC)OCC1CCN(C(C)C)CC1)C(N)=S. The second-order valence-electron chi connectivity index (χ2n) is 7.07. The fraction of sp³-hybridized carbons (Fsp3) is 0.944. The molecule has 0 aromatic heterocycles. The first-order chi connectivity index (χ1) is 11.0. The lowest BCUT2D eigenvalue weighted by Crippen LogP contribution is -2.43. The molecule has 23 heavy (non-hydrogen) atoms. The summed E-state index contributed by atoms with van der Waals surface area (Å²) < 4.78 is 6.21. The van der Waals surface area contributed by atoms with Crippen LogP contribution in [0.15, 0.2) is 0 Å². The smallest absolute Gasteiger partial charge is 0.166 e. The predicted molar refractivity (Wildman–Crippen MR) is 103 cm³/mol. The zero-order valence-corrected chi connectivity index (χ0v) is 16.4. The number of rotatable bonds is 10. The molecule has 1 rings (SSSR count). The topological polar surface area (TPSA) is 41.7 Å².